The van der Waals surface area contributed by atoms with Gasteiger partial charge in [0.05, 0.1) is 39.8 Å². The number of aromatic nitrogens is 4. The van der Waals surface area contributed by atoms with Crippen LogP contribution in [-0.4, -0.2) is 18.9 Å². The molecule has 0 saturated carbocycles. The molecule has 0 aliphatic heterocycles. The molecule has 60 heavy (non-hydrogen) atoms. The minimum atomic E-state index is 0. The largest absolute Gasteiger partial charge is 2.00 e. The second kappa shape index (κ2) is 14.7. The van der Waals surface area contributed by atoms with Crippen molar-refractivity contribution < 1.29 is 30.2 Å². The van der Waals surface area contributed by atoms with Gasteiger partial charge >= 0.3 is 21.1 Å². The quantitative estimate of drug-likeness (QED) is 0.118. The summed E-state index contributed by atoms with van der Waals surface area (Å²) < 4.78 is 17.1. The molecule has 0 radical (unpaired) electrons. The zero-order chi connectivity index (χ0) is 39.9. The van der Waals surface area contributed by atoms with Crippen LogP contribution in [0.15, 0.2) is 144 Å². The van der Waals surface area contributed by atoms with E-state index in [4.69, 9.17) is 19.1 Å². The molecule has 7 heteroatoms. The van der Waals surface area contributed by atoms with Gasteiger partial charge in [-0.1, -0.05) is 117 Å². The van der Waals surface area contributed by atoms with E-state index >= 15 is 0 Å². The molecule has 0 aliphatic carbocycles. The van der Waals surface area contributed by atoms with Gasteiger partial charge in [0.25, 0.3) is 0 Å². The maximum absolute atomic E-state index is 6.67. The van der Waals surface area contributed by atoms with E-state index in [0.29, 0.717) is 11.5 Å². The van der Waals surface area contributed by atoms with Crippen molar-refractivity contribution in [3.8, 4) is 39.7 Å². The van der Waals surface area contributed by atoms with Crippen molar-refractivity contribution in [1.29, 1.82) is 0 Å². The number of para-hydroxylation sites is 3. The van der Waals surface area contributed by atoms with Gasteiger partial charge in [-0.15, -0.1) is 29.8 Å². The molecule has 0 amide bonds. The summed E-state index contributed by atoms with van der Waals surface area (Å²) in [5.41, 5.74) is 14.8. The minimum absolute atomic E-state index is 0. The molecule has 4 heterocycles. The molecular weight excluding hydrogens is 920 g/mol. The molecule has 11 rings (SSSR count). The van der Waals surface area contributed by atoms with Crippen molar-refractivity contribution in [1.82, 2.24) is 18.9 Å². The van der Waals surface area contributed by atoms with Crippen LogP contribution in [-0.2, 0) is 21.1 Å². The normalized spacial score (nSPS) is 11.9. The number of aryl methyl sites for hydroxylation is 1. The van der Waals surface area contributed by atoms with Crippen molar-refractivity contribution in [3.05, 3.63) is 169 Å². The Balaban J connectivity index is 0.00000433. The van der Waals surface area contributed by atoms with E-state index in [1.54, 1.807) is 6.26 Å². The van der Waals surface area contributed by atoms with Crippen molar-refractivity contribution in [2.24, 2.45) is 0 Å². The van der Waals surface area contributed by atoms with Gasteiger partial charge in [-0.25, -0.2) is 0 Å². The first-order valence-electron chi connectivity index (χ1n) is 20.3. The van der Waals surface area contributed by atoms with Crippen LogP contribution in [0.2, 0.25) is 0 Å². The summed E-state index contributed by atoms with van der Waals surface area (Å²) in [5, 5.41) is 4.14. The Bertz CT molecular complexity index is 3420. The van der Waals surface area contributed by atoms with Gasteiger partial charge in [-0.3, -0.25) is 9.97 Å². The molecule has 0 aliphatic rings. The fraction of sp³-hybridized carbons (Fsp3) is 0.132. The van der Waals surface area contributed by atoms with Crippen LogP contribution in [0.1, 0.15) is 56.2 Å². The van der Waals surface area contributed by atoms with Gasteiger partial charge in [0.15, 0.2) is 0 Å². The molecule has 0 bridgehead atoms. The Hall–Kier alpha value is -6.49. The van der Waals surface area contributed by atoms with Crippen LogP contribution < -0.4 is 4.74 Å². The second-order valence-corrected chi connectivity index (χ2v) is 16.1. The fourth-order valence-electron chi connectivity index (χ4n) is 8.93. The van der Waals surface area contributed by atoms with Gasteiger partial charge < -0.3 is 18.1 Å². The molecule has 0 N–H and O–H groups in total. The van der Waals surface area contributed by atoms with E-state index in [-0.39, 0.29) is 32.9 Å². The van der Waals surface area contributed by atoms with Crippen molar-refractivity contribution in [2.45, 2.75) is 46.5 Å². The second-order valence-electron chi connectivity index (χ2n) is 16.1. The molecule has 0 spiro atoms. The average molecular weight is 960 g/mol. The third kappa shape index (κ3) is 5.96. The summed E-state index contributed by atoms with van der Waals surface area (Å²) in [5.74, 6) is 2.48. The molecule has 7 aromatic carbocycles. The smallest absolute Gasteiger partial charge is 0.497 e. The van der Waals surface area contributed by atoms with E-state index in [0.717, 1.165) is 77.3 Å². The van der Waals surface area contributed by atoms with Crippen molar-refractivity contribution in [2.75, 3.05) is 0 Å². The van der Waals surface area contributed by atoms with Crippen LogP contribution >= 0.6 is 0 Å². The van der Waals surface area contributed by atoms with Gasteiger partial charge in [0, 0.05) is 34.2 Å². The number of fused-ring (bicyclic) bond motifs is 10. The maximum Gasteiger partial charge on any atom is 2.00 e. The summed E-state index contributed by atoms with van der Waals surface area (Å²) in [6.45, 7) is 11.2. The topological polar surface area (TPSA) is 57.5 Å². The molecule has 294 valence electrons. The molecule has 6 nitrogen and oxygen atoms in total. The van der Waals surface area contributed by atoms with E-state index in [1.165, 1.54) is 27.9 Å². The number of pyridine rings is 1. The number of nitrogens with zero attached hydrogens (tertiary/aromatic N) is 4. The number of rotatable bonds is 7. The van der Waals surface area contributed by atoms with Gasteiger partial charge in [0.2, 0.25) is 0 Å². The predicted octanol–water partition coefficient (Wildman–Crippen LogP) is 14.2. The van der Waals surface area contributed by atoms with Crippen LogP contribution in [0.3, 0.4) is 0 Å². The zero-order valence-electron chi connectivity index (χ0n) is 33.9. The van der Waals surface area contributed by atoms with Crippen LogP contribution in [0.4, 0.5) is 0 Å². The van der Waals surface area contributed by atoms with Gasteiger partial charge in [-0.05, 0) is 88.4 Å². The molecule has 0 saturated heterocycles. The molecule has 0 unspecified atom stereocenters. The standard InChI is InChI=1S/C53H40N4O2.Pt/c1-31(2)42-27-36(34-14-7-6-8-15-34)28-43(32(3)4)51(42)57-48-21-12-10-19-45(48)54-52(57)35-16-13-17-37(26-35)59-38-22-23-40-41-18-9-11-20-47(41)56-50-33(5)39-24-25-58-49(39)30-46(50)55-53(56)44(40)29-38;/h6-25,27-28,30-32H,1-5H3;/q-2;+2. The average Bonchev–Trinajstić information content (AvgIpc) is 4.00. The van der Waals surface area contributed by atoms with E-state index < -0.39 is 0 Å². The Labute approximate surface area is 362 Å². The van der Waals surface area contributed by atoms with Crippen LogP contribution in [0.25, 0.3) is 88.6 Å². The van der Waals surface area contributed by atoms with Gasteiger partial charge in [-0.2, -0.15) is 0 Å². The van der Waals surface area contributed by atoms with E-state index in [1.807, 2.05) is 30.3 Å². The monoisotopic (exact) mass is 959 g/mol. The van der Waals surface area contributed by atoms with E-state index in [2.05, 4.69) is 159 Å². The predicted molar refractivity (Wildman–Crippen MR) is 240 cm³/mol. The number of hydrogen-bond donors (Lipinski definition) is 0. The summed E-state index contributed by atoms with van der Waals surface area (Å²) in [7, 11) is 0. The summed E-state index contributed by atoms with van der Waals surface area (Å²) in [4.78, 5) is 10.5. The molecule has 11 aromatic rings. The summed E-state index contributed by atoms with van der Waals surface area (Å²) in [6.07, 6.45) is 1.74. The number of ether oxygens (including phenoxy) is 1. The van der Waals surface area contributed by atoms with Gasteiger partial charge in [0.1, 0.15) is 5.58 Å². The number of imidazole rings is 2. The third-order valence-electron chi connectivity index (χ3n) is 11.7. The first-order valence-corrected chi connectivity index (χ1v) is 20.3. The zero-order valence-corrected chi connectivity index (χ0v) is 36.1. The van der Waals surface area contributed by atoms with Crippen molar-refractivity contribution in [3.63, 3.8) is 0 Å². The first kappa shape index (κ1) is 37.8. The SMILES string of the molecule is Cc1c2ccoc2cc2nc3c4[c-]c(Oc5[c-]c(-c6nc7ccccc7n6-c6c(C(C)C)cc(-c7ccccc7)cc6C(C)C)ccc5)ccc4c4ccccc4n3c12.[Pt+2]. The molecule has 0 atom stereocenters. The molecule has 4 aromatic heterocycles. The Morgan fingerprint density at radius 2 is 1.33 bits per heavy atom. The summed E-state index contributed by atoms with van der Waals surface area (Å²) in [6, 6.07) is 53.7. The first-order chi connectivity index (χ1) is 28.8. The number of benzene rings is 7. The van der Waals surface area contributed by atoms with Crippen LogP contribution in [0.5, 0.6) is 11.5 Å². The number of hydrogen-bond acceptors (Lipinski definition) is 4. The molecule has 0 fully saturated rings. The Morgan fingerprint density at radius 1 is 0.617 bits per heavy atom. The Morgan fingerprint density at radius 3 is 2.12 bits per heavy atom. The third-order valence-corrected chi connectivity index (χ3v) is 11.7. The number of furan rings is 1. The Kier molecular flexibility index (Phi) is 9.22. The van der Waals surface area contributed by atoms with E-state index in [9.17, 15) is 0 Å². The van der Waals surface area contributed by atoms with Crippen LogP contribution in [0, 0.1) is 19.1 Å². The minimum Gasteiger partial charge on any atom is -0.497 e. The fourth-order valence-corrected chi connectivity index (χ4v) is 8.93. The molecular formula is C53H40N4O2Pt. The summed E-state index contributed by atoms with van der Waals surface area (Å²) >= 11 is 0. The maximum atomic E-state index is 6.67. The van der Waals surface area contributed by atoms with Crippen molar-refractivity contribution >= 4 is 60.4 Å².